The van der Waals surface area contributed by atoms with E-state index in [4.69, 9.17) is 0 Å². The molecule has 1 heterocycles. The van der Waals surface area contributed by atoms with E-state index < -0.39 is 0 Å². The number of rotatable bonds is 5. The van der Waals surface area contributed by atoms with Crippen molar-refractivity contribution in [2.75, 3.05) is 26.2 Å². The minimum atomic E-state index is 0.465. The summed E-state index contributed by atoms with van der Waals surface area (Å²) in [5, 5.41) is 3.66. The Hall–Kier alpha value is -0.860. The highest BCUT2D eigenvalue weighted by Gasteiger charge is 2.20. The standard InChI is InChI=1S/C18H30N2/c1-5-19-18(13-20-10-8-14(2)9-11-20)17-7-6-15(3)16(4)12-17/h6-7,12,14,18-19H,5,8-11,13H2,1-4H3. The number of piperidine rings is 1. The highest BCUT2D eigenvalue weighted by Crippen LogP contribution is 2.22. The fourth-order valence-electron chi connectivity index (χ4n) is 3.02. The van der Waals surface area contributed by atoms with Gasteiger partial charge in [0.15, 0.2) is 0 Å². The van der Waals surface area contributed by atoms with Gasteiger partial charge in [-0.1, -0.05) is 32.0 Å². The zero-order chi connectivity index (χ0) is 14.5. The number of aryl methyl sites for hydroxylation is 2. The van der Waals surface area contributed by atoms with E-state index in [1.807, 2.05) is 0 Å². The van der Waals surface area contributed by atoms with Crippen LogP contribution in [0.3, 0.4) is 0 Å². The minimum Gasteiger partial charge on any atom is -0.309 e. The molecule has 2 nitrogen and oxygen atoms in total. The average Bonchev–Trinajstić information content (AvgIpc) is 2.44. The van der Waals surface area contributed by atoms with Gasteiger partial charge in [0.1, 0.15) is 0 Å². The third-order valence-corrected chi connectivity index (χ3v) is 4.70. The lowest BCUT2D eigenvalue weighted by Gasteiger charge is -2.33. The molecule has 0 saturated carbocycles. The topological polar surface area (TPSA) is 15.3 Å². The van der Waals surface area contributed by atoms with Crippen molar-refractivity contribution in [2.45, 2.75) is 46.6 Å². The number of hydrogen-bond acceptors (Lipinski definition) is 2. The van der Waals surface area contributed by atoms with Crippen LogP contribution in [0.25, 0.3) is 0 Å². The van der Waals surface area contributed by atoms with Crippen molar-refractivity contribution in [3.63, 3.8) is 0 Å². The molecular weight excluding hydrogens is 244 g/mol. The van der Waals surface area contributed by atoms with Crippen molar-refractivity contribution in [3.8, 4) is 0 Å². The lowest BCUT2D eigenvalue weighted by atomic mass is 9.97. The van der Waals surface area contributed by atoms with Crippen molar-refractivity contribution >= 4 is 0 Å². The van der Waals surface area contributed by atoms with Gasteiger partial charge < -0.3 is 10.2 Å². The number of benzene rings is 1. The Bertz CT molecular complexity index is 419. The Balaban J connectivity index is 2.04. The van der Waals surface area contributed by atoms with Crippen LogP contribution in [0.2, 0.25) is 0 Å². The van der Waals surface area contributed by atoms with Crippen LogP contribution in [0.1, 0.15) is 49.4 Å². The van der Waals surface area contributed by atoms with E-state index in [-0.39, 0.29) is 0 Å². The summed E-state index contributed by atoms with van der Waals surface area (Å²) in [6.07, 6.45) is 2.71. The van der Waals surface area contributed by atoms with Crippen LogP contribution in [0.5, 0.6) is 0 Å². The van der Waals surface area contributed by atoms with Crippen molar-refractivity contribution in [2.24, 2.45) is 5.92 Å². The summed E-state index contributed by atoms with van der Waals surface area (Å²) in [7, 11) is 0. The molecule has 0 radical (unpaired) electrons. The van der Waals surface area contributed by atoms with Gasteiger partial charge in [0.25, 0.3) is 0 Å². The van der Waals surface area contributed by atoms with Crippen molar-refractivity contribution in [3.05, 3.63) is 34.9 Å². The molecule has 0 aliphatic carbocycles. The molecule has 1 aromatic rings. The number of hydrogen-bond donors (Lipinski definition) is 1. The quantitative estimate of drug-likeness (QED) is 0.881. The first kappa shape index (κ1) is 15.5. The Kier molecular flexibility index (Phi) is 5.62. The molecule has 2 rings (SSSR count). The molecule has 0 amide bonds. The Labute approximate surface area is 124 Å². The number of likely N-dealkylation sites (N-methyl/N-ethyl adjacent to an activating group) is 1. The van der Waals surface area contributed by atoms with Crippen LogP contribution in [-0.4, -0.2) is 31.1 Å². The Morgan fingerprint density at radius 1 is 1.20 bits per heavy atom. The number of likely N-dealkylation sites (tertiary alicyclic amines) is 1. The zero-order valence-electron chi connectivity index (χ0n) is 13.6. The van der Waals surface area contributed by atoms with Crippen LogP contribution in [-0.2, 0) is 0 Å². The highest BCUT2D eigenvalue weighted by molar-refractivity contribution is 5.32. The van der Waals surface area contributed by atoms with Gasteiger partial charge in [-0.25, -0.2) is 0 Å². The van der Waals surface area contributed by atoms with E-state index in [9.17, 15) is 0 Å². The molecule has 1 saturated heterocycles. The SMILES string of the molecule is CCNC(CN1CCC(C)CC1)c1ccc(C)c(C)c1. The Morgan fingerprint density at radius 3 is 2.50 bits per heavy atom. The van der Waals surface area contributed by atoms with E-state index in [0.29, 0.717) is 6.04 Å². The normalized spacial score (nSPS) is 19.2. The van der Waals surface area contributed by atoms with Gasteiger partial charge >= 0.3 is 0 Å². The first-order valence-corrected chi connectivity index (χ1v) is 8.13. The van der Waals surface area contributed by atoms with Gasteiger partial charge in [-0.2, -0.15) is 0 Å². The van der Waals surface area contributed by atoms with E-state index in [2.05, 4.69) is 56.1 Å². The van der Waals surface area contributed by atoms with E-state index >= 15 is 0 Å². The molecule has 1 aliphatic rings. The van der Waals surface area contributed by atoms with Crippen molar-refractivity contribution in [1.82, 2.24) is 10.2 Å². The van der Waals surface area contributed by atoms with Gasteiger partial charge in [0.05, 0.1) is 0 Å². The van der Waals surface area contributed by atoms with Gasteiger partial charge in [0, 0.05) is 12.6 Å². The second-order valence-electron chi connectivity index (χ2n) is 6.44. The molecule has 1 aromatic carbocycles. The molecule has 2 heteroatoms. The van der Waals surface area contributed by atoms with Crippen molar-refractivity contribution < 1.29 is 0 Å². The predicted molar refractivity (Wildman–Crippen MR) is 87.2 cm³/mol. The monoisotopic (exact) mass is 274 g/mol. The second kappa shape index (κ2) is 7.24. The molecule has 1 atom stereocenters. The third kappa shape index (κ3) is 4.07. The summed E-state index contributed by atoms with van der Waals surface area (Å²) in [6, 6.07) is 7.37. The van der Waals surface area contributed by atoms with Crippen LogP contribution < -0.4 is 5.32 Å². The molecule has 20 heavy (non-hydrogen) atoms. The largest absolute Gasteiger partial charge is 0.309 e. The maximum atomic E-state index is 3.66. The number of nitrogens with zero attached hydrogens (tertiary/aromatic N) is 1. The molecule has 112 valence electrons. The fraction of sp³-hybridized carbons (Fsp3) is 0.667. The molecule has 1 N–H and O–H groups in total. The first-order valence-electron chi connectivity index (χ1n) is 8.13. The fourth-order valence-corrected chi connectivity index (χ4v) is 3.02. The average molecular weight is 274 g/mol. The molecule has 1 fully saturated rings. The predicted octanol–water partition coefficient (Wildman–Crippen LogP) is 3.69. The number of nitrogens with one attached hydrogen (secondary N) is 1. The first-order chi connectivity index (χ1) is 9.60. The summed E-state index contributed by atoms with van der Waals surface area (Å²) < 4.78 is 0. The van der Waals surface area contributed by atoms with E-state index in [1.165, 1.54) is 42.6 Å². The molecular formula is C18H30N2. The third-order valence-electron chi connectivity index (χ3n) is 4.70. The van der Waals surface area contributed by atoms with Gasteiger partial charge in [-0.15, -0.1) is 0 Å². The highest BCUT2D eigenvalue weighted by atomic mass is 15.2. The van der Waals surface area contributed by atoms with E-state index in [0.717, 1.165) is 19.0 Å². The lowest BCUT2D eigenvalue weighted by Crippen LogP contribution is -2.39. The van der Waals surface area contributed by atoms with Crippen LogP contribution in [0.15, 0.2) is 18.2 Å². The smallest absolute Gasteiger partial charge is 0.0449 e. The lowest BCUT2D eigenvalue weighted by molar-refractivity contribution is 0.175. The summed E-state index contributed by atoms with van der Waals surface area (Å²) >= 11 is 0. The Morgan fingerprint density at radius 2 is 1.90 bits per heavy atom. The van der Waals surface area contributed by atoms with Gasteiger partial charge in [-0.3, -0.25) is 0 Å². The molecule has 0 aromatic heterocycles. The summed E-state index contributed by atoms with van der Waals surface area (Å²) in [6.45, 7) is 13.7. The minimum absolute atomic E-state index is 0.465. The van der Waals surface area contributed by atoms with Gasteiger partial charge in [0.2, 0.25) is 0 Å². The summed E-state index contributed by atoms with van der Waals surface area (Å²) in [5.41, 5.74) is 4.22. The van der Waals surface area contributed by atoms with Crippen LogP contribution >= 0.6 is 0 Å². The summed E-state index contributed by atoms with van der Waals surface area (Å²) in [5.74, 6) is 0.908. The summed E-state index contributed by atoms with van der Waals surface area (Å²) in [4.78, 5) is 2.63. The molecule has 0 bridgehead atoms. The van der Waals surface area contributed by atoms with Crippen LogP contribution in [0.4, 0.5) is 0 Å². The molecule has 0 spiro atoms. The zero-order valence-corrected chi connectivity index (χ0v) is 13.6. The molecule has 1 aliphatic heterocycles. The second-order valence-corrected chi connectivity index (χ2v) is 6.44. The maximum Gasteiger partial charge on any atom is 0.0449 e. The maximum absolute atomic E-state index is 3.66. The van der Waals surface area contributed by atoms with Crippen molar-refractivity contribution in [1.29, 1.82) is 0 Å². The van der Waals surface area contributed by atoms with Gasteiger partial charge in [-0.05, 0) is 68.9 Å². The van der Waals surface area contributed by atoms with E-state index in [1.54, 1.807) is 0 Å². The van der Waals surface area contributed by atoms with Crippen LogP contribution in [0, 0.1) is 19.8 Å². The molecule has 1 unspecified atom stereocenters.